The van der Waals surface area contributed by atoms with Crippen LogP contribution < -0.4 is 11.1 Å². The summed E-state index contributed by atoms with van der Waals surface area (Å²) in [6.45, 7) is 7.81. The van der Waals surface area contributed by atoms with Crippen LogP contribution in [0.2, 0.25) is 0 Å². The Hall–Kier alpha value is -1.30. The van der Waals surface area contributed by atoms with Gasteiger partial charge in [-0.15, -0.1) is 0 Å². The first kappa shape index (κ1) is 17.1. The Bertz CT molecular complexity index is 388. The molecule has 6 nitrogen and oxygen atoms in total. The molecular weight excluding hydrogens is 280 g/mol. The van der Waals surface area contributed by atoms with Gasteiger partial charge in [-0.3, -0.25) is 4.79 Å². The maximum absolute atomic E-state index is 12.3. The molecule has 2 rings (SSSR count). The number of primary amides is 1. The molecule has 6 heteroatoms. The van der Waals surface area contributed by atoms with Crippen molar-refractivity contribution in [3.8, 4) is 0 Å². The summed E-state index contributed by atoms with van der Waals surface area (Å²) in [4.78, 5) is 27.6. The smallest absolute Gasteiger partial charge is 0.317 e. The molecule has 0 aliphatic carbocycles. The lowest BCUT2D eigenvalue weighted by molar-refractivity contribution is -0.119. The highest BCUT2D eigenvalue weighted by Gasteiger charge is 2.26. The third-order valence-corrected chi connectivity index (χ3v) is 4.75. The molecule has 3 N–H and O–H groups in total. The first-order valence-electron chi connectivity index (χ1n) is 8.62. The first-order chi connectivity index (χ1) is 10.6. The summed E-state index contributed by atoms with van der Waals surface area (Å²) >= 11 is 0. The van der Waals surface area contributed by atoms with Crippen LogP contribution in [-0.4, -0.2) is 61.0 Å². The van der Waals surface area contributed by atoms with E-state index in [1.807, 2.05) is 4.90 Å². The van der Waals surface area contributed by atoms with Crippen LogP contribution in [0.1, 0.15) is 39.0 Å². The van der Waals surface area contributed by atoms with E-state index in [4.69, 9.17) is 5.73 Å². The summed E-state index contributed by atoms with van der Waals surface area (Å²) in [6, 6.07) is 0.0168. The fourth-order valence-electron chi connectivity index (χ4n) is 3.64. The predicted octanol–water partition coefficient (Wildman–Crippen LogP) is 1.02. The van der Waals surface area contributed by atoms with E-state index in [1.165, 1.54) is 12.8 Å². The van der Waals surface area contributed by atoms with Crippen LogP contribution in [0.15, 0.2) is 0 Å². The molecule has 0 saturated carbocycles. The van der Waals surface area contributed by atoms with Crippen molar-refractivity contribution in [2.45, 2.75) is 39.0 Å². The summed E-state index contributed by atoms with van der Waals surface area (Å²) in [5.41, 5.74) is 5.26. The summed E-state index contributed by atoms with van der Waals surface area (Å²) < 4.78 is 0. The molecule has 2 aliphatic rings. The first-order valence-corrected chi connectivity index (χ1v) is 8.62. The van der Waals surface area contributed by atoms with Gasteiger partial charge in [0, 0.05) is 32.6 Å². The minimum absolute atomic E-state index is 0.0168. The third kappa shape index (κ3) is 5.16. The topological polar surface area (TPSA) is 78.7 Å². The average Bonchev–Trinajstić information content (AvgIpc) is 2.92. The highest BCUT2D eigenvalue weighted by atomic mass is 16.2. The number of amides is 3. The van der Waals surface area contributed by atoms with Gasteiger partial charge in [0.15, 0.2) is 0 Å². The number of nitrogens with two attached hydrogens (primary N) is 1. The average molecular weight is 310 g/mol. The number of nitrogens with one attached hydrogen (secondary N) is 1. The van der Waals surface area contributed by atoms with Crippen LogP contribution in [0.25, 0.3) is 0 Å². The van der Waals surface area contributed by atoms with Crippen molar-refractivity contribution in [2.24, 2.45) is 17.6 Å². The van der Waals surface area contributed by atoms with Gasteiger partial charge in [0.05, 0.1) is 0 Å². The summed E-state index contributed by atoms with van der Waals surface area (Å²) in [7, 11) is 0. The molecule has 0 aromatic rings. The number of piperidine rings is 1. The Morgan fingerprint density at radius 3 is 2.73 bits per heavy atom. The number of hydrogen-bond acceptors (Lipinski definition) is 3. The van der Waals surface area contributed by atoms with Gasteiger partial charge >= 0.3 is 6.03 Å². The monoisotopic (exact) mass is 310 g/mol. The lowest BCUT2D eigenvalue weighted by Crippen LogP contribution is -2.47. The van der Waals surface area contributed by atoms with E-state index >= 15 is 0 Å². The number of hydrogen-bond donors (Lipinski definition) is 2. The van der Waals surface area contributed by atoms with E-state index in [0.717, 1.165) is 45.6 Å². The Balaban J connectivity index is 1.69. The molecule has 2 fully saturated rings. The number of carbonyl (C=O) groups excluding carboxylic acids is 2. The molecule has 22 heavy (non-hydrogen) atoms. The highest BCUT2D eigenvalue weighted by Crippen LogP contribution is 2.20. The van der Waals surface area contributed by atoms with Crippen molar-refractivity contribution in [3.05, 3.63) is 0 Å². The van der Waals surface area contributed by atoms with E-state index in [-0.39, 0.29) is 17.9 Å². The van der Waals surface area contributed by atoms with Crippen molar-refractivity contribution in [1.29, 1.82) is 0 Å². The van der Waals surface area contributed by atoms with Gasteiger partial charge in [-0.25, -0.2) is 4.79 Å². The van der Waals surface area contributed by atoms with Crippen LogP contribution >= 0.6 is 0 Å². The van der Waals surface area contributed by atoms with Gasteiger partial charge in [-0.05, 0) is 50.6 Å². The van der Waals surface area contributed by atoms with E-state index in [9.17, 15) is 9.59 Å². The SMILES string of the molecule is CCCN1CCC(CNC(=O)N2CCCC(CC(N)=O)C2)C1. The molecule has 0 aromatic heterocycles. The third-order valence-electron chi connectivity index (χ3n) is 4.75. The van der Waals surface area contributed by atoms with Crippen molar-refractivity contribution in [1.82, 2.24) is 15.1 Å². The van der Waals surface area contributed by atoms with Gasteiger partial charge < -0.3 is 20.9 Å². The molecule has 126 valence electrons. The normalized spacial score (nSPS) is 26.1. The van der Waals surface area contributed by atoms with Gasteiger partial charge in [0.25, 0.3) is 0 Å². The second-order valence-electron chi connectivity index (χ2n) is 6.77. The number of carbonyl (C=O) groups is 2. The molecule has 3 amide bonds. The van der Waals surface area contributed by atoms with Crippen molar-refractivity contribution >= 4 is 11.9 Å². The Kier molecular flexibility index (Phi) is 6.49. The van der Waals surface area contributed by atoms with Crippen molar-refractivity contribution in [3.63, 3.8) is 0 Å². The summed E-state index contributed by atoms with van der Waals surface area (Å²) in [5, 5.41) is 3.07. The molecule has 2 atom stereocenters. The van der Waals surface area contributed by atoms with Crippen molar-refractivity contribution < 1.29 is 9.59 Å². The minimum atomic E-state index is -0.269. The fourth-order valence-corrected chi connectivity index (χ4v) is 3.64. The van der Waals surface area contributed by atoms with E-state index in [1.54, 1.807) is 0 Å². The van der Waals surface area contributed by atoms with Gasteiger partial charge in [0.1, 0.15) is 0 Å². The summed E-state index contributed by atoms with van der Waals surface area (Å²) in [5.74, 6) is 0.527. The molecule has 0 spiro atoms. The Morgan fingerprint density at radius 1 is 1.18 bits per heavy atom. The van der Waals surface area contributed by atoms with Gasteiger partial charge in [0.2, 0.25) is 5.91 Å². The number of nitrogens with zero attached hydrogens (tertiary/aromatic N) is 2. The second kappa shape index (κ2) is 8.36. The quantitative estimate of drug-likeness (QED) is 0.768. The molecule has 2 unspecified atom stereocenters. The van der Waals surface area contributed by atoms with Crippen LogP contribution in [0.5, 0.6) is 0 Å². The van der Waals surface area contributed by atoms with Gasteiger partial charge in [-0.2, -0.15) is 0 Å². The Morgan fingerprint density at radius 2 is 2.00 bits per heavy atom. The minimum Gasteiger partial charge on any atom is -0.370 e. The molecule has 0 radical (unpaired) electrons. The number of likely N-dealkylation sites (tertiary alicyclic amines) is 2. The van der Waals surface area contributed by atoms with Crippen LogP contribution in [0, 0.1) is 11.8 Å². The van der Waals surface area contributed by atoms with Gasteiger partial charge in [-0.1, -0.05) is 6.92 Å². The maximum atomic E-state index is 12.3. The second-order valence-corrected chi connectivity index (χ2v) is 6.77. The molecule has 2 saturated heterocycles. The zero-order valence-electron chi connectivity index (χ0n) is 13.7. The van der Waals surface area contributed by atoms with Crippen molar-refractivity contribution in [2.75, 3.05) is 39.3 Å². The maximum Gasteiger partial charge on any atom is 0.317 e. The van der Waals surface area contributed by atoms with Crippen LogP contribution in [0.3, 0.4) is 0 Å². The highest BCUT2D eigenvalue weighted by molar-refractivity contribution is 5.75. The lowest BCUT2D eigenvalue weighted by Gasteiger charge is -2.32. The largest absolute Gasteiger partial charge is 0.370 e. The van der Waals surface area contributed by atoms with E-state index in [2.05, 4.69) is 17.1 Å². The molecule has 0 aromatic carbocycles. The standard InChI is InChI=1S/C16H30N4O2/c1-2-6-19-8-5-14(11-19)10-18-16(22)20-7-3-4-13(12-20)9-15(17)21/h13-14H,2-12H2,1H3,(H2,17,21)(H,18,22). The van der Waals surface area contributed by atoms with Crippen LogP contribution in [0.4, 0.5) is 4.79 Å². The van der Waals surface area contributed by atoms with Crippen LogP contribution in [-0.2, 0) is 4.79 Å². The molecule has 2 heterocycles. The predicted molar refractivity (Wildman–Crippen MR) is 86.3 cm³/mol. The molecule has 0 bridgehead atoms. The van der Waals surface area contributed by atoms with E-state index in [0.29, 0.717) is 18.9 Å². The number of urea groups is 1. The fraction of sp³-hybridized carbons (Fsp3) is 0.875. The molecule has 2 aliphatic heterocycles. The Labute approximate surface area is 133 Å². The van der Waals surface area contributed by atoms with E-state index < -0.39 is 0 Å². The lowest BCUT2D eigenvalue weighted by atomic mass is 9.95. The summed E-state index contributed by atoms with van der Waals surface area (Å²) in [6.07, 6.45) is 4.69. The number of rotatable bonds is 6. The molecular formula is C16H30N4O2. The zero-order chi connectivity index (χ0) is 15.9. The zero-order valence-corrected chi connectivity index (χ0v) is 13.7.